The minimum Gasteiger partial charge on any atom is -0.385 e. The van der Waals surface area contributed by atoms with Crippen LogP contribution < -0.4 is 10.2 Å². The molecule has 2 atom stereocenters. The van der Waals surface area contributed by atoms with E-state index in [-0.39, 0.29) is 11.9 Å². The van der Waals surface area contributed by atoms with Crippen molar-refractivity contribution in [2.24, 2.45) is 5.92 Å². The molecule has 2 aliphatic rings. The number of alkyl halides is 3. The normalized spacial score (nSPS) is 20.8. The van der Waals surface area contributed by atoms with Gasteiger partial charge in [0.05, 0.1) is 17.5 Å². The van der Waals surface area contributed by atoms with Crippen molar-refractivity contribution < 1.29 is 22.7 Å². The lowest BCUT2D eigenvalue weighted by molar-refractivity contribution is -0.137. The number of fused-ring (bicyclic) bond motifs is 3. The van der Waals surface area contributed by atoms with Crippen molar-refractivity contribution in [1.82, 2.24) is 10.2 Å². The van der Waals surface area contributed by atoms with Crippen LogP contribution in [-0.4, -0.2) is 56.7 Å². The van der Waals surface area contributed by atoms with Crippen molar-refractivity contribution >= 4 is 11.6 Å². The largest absolute Gasteiger partial charge is 0.416 e. The number of nitrogens with zero attached hydrogens (tertiary/aromatic N) is 2. The fourth-order valence-electron chi connectivity index (χ4n) is 4.90. The molecule has 1 saturated heterocycles. The average Bonchev–Trinajstić information content (AvgIpc) is 2.81. The molecule has 178 valence electrons. The summed E-state index contributed by atoms with van der Waals surface area (Å²) in [6.45, 7) is 3.96. The molecule has 2 heterocycles. The molecule has 0 bridgehead atoms. The predicted octanol–water partition coefficient (Wildman–Crippen LogP) is 3.72. The van der Waals surface area contributed by atoms with Gasteiger partial charge in [0, 0.05) is 52.1 Å². The number of nitrogens with one attached hydrogen (secondary N) is 1. The van der Waals surface area contributed by atoms with Gasteiger partial charge in [0.15, 0.2) is 0 Å². The molecule has 0 spiro atoms. The molecular weight excluding hydrogens is 431 g/mol. The lowest BCUT2D eigenvalue weighted by Gasteiger charge is -2.49. The first-order valence-corrected chi connectivity index (χ1v) is 11.4. The summed E-state index contributed by atoms with van der Waals surface area (Å²) in [5.74, 6) is -0.521. The summed E-state index contributed by atoms with van der Waals surface area (Å²) in [5, 5.41) is 2.97. The Labute approximate surface area is 192 Å². The van der Waals surface area contributed by atoms with E-state index in [1.807, 2.05) is 18.2 Å². The van der Waals surface area contributed by atoms with Crippen LogP contribution >= 0.6 is 0 Å². The second-order valence-electron chi connectivity index (χ2n) is 8.77. The third-order valence-electron chi connectivity index (χ3n) is 6.53. The number of halogens is 3. The number of ether oxygens (including phenoxy) is 1. The highest BCUT2D eigenvalue weighted by Crippen LogP contribution is 2.39. The number of piperazine rings is 1. The molecule has 0 aromatic heterocycles. The minimum atomic E-state index is -4.40. The standard InChI is InChI=1S/C25H30F3N3O2/c1-33-13-5-10-29-24(32)21-15-19-14-20(25(26,27)28)8-9-22(19)31-12-11-30(17-23(21)31)16-18-6-3-2-4-7-18/h2-4,6-9,14,21,23H,5,10-13,15-17H2,1H3,(H,29,32)/t21-,23-/m0/s1. The van der Waals surface area contributed by atoms with E-state index in [0.717, 1.165) is 24.8 Å². The first-order chi connectivity index (χ1) is 15.9. The highest BCUT2D eigenvalue weighted by molar-refractivity contribution is 5.82. The Balaban J connectivity index is 1.57. The van der Waals surface area contributed by atoms with E-state index in [2.05, 4.69) is 27.2 Å². The van der Waals surface area contributed by atoms with E-state index in [1.54, 1.807) is 13.2 Å². The molecule has 1 fully saturated rings. The summed E-state index contributed by atoms with van der Waals surface area (Å²) < 4.78 is 45.0. The Morgan fingerprint density at radius 2 is 1.94 bits per heavy atom. The zero-order valence-electron chi connectivity index (χ0n) is 18.8. The first-order valence-electron chi connectivity index (χ1n) is 11.4. The van der Waals surface area contributed by atoms with Crippen LogP contribution in [0.2, 0.25) is 0 Å². The third-order valence-corrected chi connectivity index (χ3v) is 6.53. The van der Waals surface area contributed by atoms with Crippen molar-refractivity contribution in [2.45, 2.75) is 31.6 Å². The summed E-state index contributed by atoms with van der Waals surface area (Å²) in [4.78, 5) is 17.6. The van der Waals surface area contributed by atoms with Gasteiger partial charge >= 0.3 is 6.18 Å². The summed E-state index contributed by atoms with van der Waals surface area (Å²) >= 11 is 0. The number of amides is 1. The van der Waals surface area contributed by atoms with E-state index < -0.39 is 17.7 Å². The molecule has 1 N–H and O–H groups in total. The molecule has 4 rings (SSSR count). The van der Waals surface area contributed by atoms with Crippen LogP contribution in [0.3, 0.4) is 0 Å². The van der Waals surface area contributed by atoms with Crippen LogP contribution in [0.15, 0.2) is 48.5 Å². The van der Waals surface area contributed by atoms with Gasteiger partial charge in [-0.2, -0.15) is 13.2 Å². The quantitative estimate of drug-likeness (QED) is 0.639. The number of benzene rings is 2. The first kappa shape index (κ1) is 23.6. The van der Waals surface area contributed by atoms with E-state index in [4.69, 9.17) is 4.74 Å². The summed E-state index contributed by atoms with van der Waals surface area (Å²) in [5.41, 5.74) is 1.95. The Kier molecular flexibility index (Phi) is 7.24. The van der Waals surface area contributed by atoms with Crippen LogP contribution in [0.1, 0.15) is 23.1 Å². The van der Waals surface area contributed by atoms with E-state index in [1.165, 1.54) is 11.6 Å². The molecule has 5 nitrogen and oxygen atoms in total. The maximum absolute atomic E-state index is 13.3. The number of anilines is 1. The monoisotopic (exact) mass is 461 g/mol. The molecule has 2 aromatic rings. The molecule has 2 aromatic carbocycles. The molecule has 1 amide bonds. The predicted molar refractivity (Wildman–Crippen MR) is 121 cm³/mol. The minimum absolute atomic E-state index is 0.0888. The van der Waals surface area contributed by atoms with E-state index in [0.29, 0.717) is 44.6 Å². The number of rotatable bonds is 7. The van der Waals surface area contributed by atoms with Crippen molar-refractivity contribution in [3.05, 3.63) is 65.2 Å². The van der Waals surface area contributed by atoms with Gasteiger partial charge in [-0.1, -0.05) is 30.3 Å². The Bertz CT molecular complexity index is 952. The Morgan fingerprint density at radius 1 is 1.15 bits per heavy atom. The number of hydrogen-bond donors (Lipinski definition) is 1. The fraction of sp³-hybridized carbons (Fsp3) is 0.480. The summed E-state index contributed by atoms with van der Waals surface area (Å²) in [6, 6.07) is 14.0. The highest BCUT2D eigenvalue weighted by atomic mass is 19.4. The van der Waals surface area contributed by atoms with Gasteiger partial charge in [-0.05, 0) is 42.2 Å². The lowest BCUT2D eigenvalue weighted by atomic mass is 9.82. The molecule has 2 aliphatic heterocycles. The van der Waals surface area contributed by atoms with E-state index >= 15 is 0 Å². The van der Waals surface area contributed by atoms with Gasteiger partial charge in [-0.25, -0.2) is 0 Å². The summed E-state index contributed by atoms with van der Waals surface area (Å²) in [7, 11) is 1.61. The number of methoxy groups -OCH3 is 1. The van der Waals surface area contributed by atoms with Crippen LogP contribution in [0.4, 0.5) is 18.9 Å². The second kappa shape index (κ2) is 10.1. The number of hydrogen-bond acceptors (Lipinski definition) is 4. The zero-order chi connectivity index (χ0) is 23.4. The van der Waals surface area contributed by atoms with Gasteiger partial charge in [0.2, 0.25) is 5.91 Å². The Morgan fingerprint density at radius 3 is 2.67 bits per heavy atom. The topological polar surface area (TPSA) is 44.8 Å². The maximum Gasteiger partial charge on any atom is 0.416 e. The maximum atomic E-state index is 13.3. The Hall–Kier alpha value is -2.58. The van der Waals surface area contributed by atoms with Gasteiger partial charge < -0.3 is 15.0 Å². The molecule has 0 unspecified atom stereocenters. The molecule has 0 saturated carbocycles. The van der Waals surface area contributed by atoms with E-state index in [9.17, 15) is 18.0 Å². The molecule has 8 heteroatoms. The fourth-order valence-corrected chi connectivity index (χ4v) is 4.90. The van der Waals surface area contributed by atoms with Crippen molar-refractivity contribution in [3.63, 3.8) is 0 Å². The molecular formula is C25H30F3N3O2. The van der Waals surface area contributed by atoms with Crippen LogP contribution in [-0.2, 0) is 28.7 Å². The lowest BCUT2D eigenvalue weighted by Crippen LogP contribution is -2.61. The van der Waals surface area contributed by atoms with Crippen molar-refractivity contribution in [3.8, 4) is 0 Å². The number of carbonyl (C=O) groups is 1. The van der Waals surface area contributed by atoms with Gasteiger partial charge in [0.25, 0.3) is 0 Å². The van der Waals surface area contributed by atoms with Crippen LogP contribution in [0, 0.1) is 5.92 Å². The van der Waals surface area contributed by atoms with Gasteiger partial charge in [-0.15, -0.1) is 0 Å². The molecule has 0 radical (unpaired) electrons. The summed E-state index contributed by atoms with van der Waals surface area (Å²) in [6.07, 6.45) is -3.41. The molecule has 0 aliphatic carbocycles. The second-order valence-corrected chi connectivity index (χ2v) is 8.77. The SMILES string of the molecule is COCCCNC(=O)[C@H]1Cc2cc(C(F)(F)F)ccc2N2CCN(Cc3ccccc3)C[C@@H]12. The van der Waals surface area contributed by atoms with Crippen molar-refractivity contribution in [2.75, 3.05) is 44.8 Å². The van der Waals surface area contributed by atoms with Crippen LogP contribution in [0.5, 0.6) is 0 Å². The third kappa shape index (κ3) is 5.50. The van der Waals surface area contributed by atoms with Crippen LogP contribution in [0.25, 0.3) is 0 Å². The van der Waals surface area contributed by atoms with Gasteiger partial charge in [0.1, 0.15) is 0 Å². The number of carbonyl (C=O) groups excluding carboxylic acids is 1. The van der Waals surface area contributed by atoms with Gasteiger partial charge in [-0.3, -0.25) is 9.69 Å². The smallest absolute Gasteiger partial charge is 0.385 e. The van der Waals surface area contributed by atoms with Crippen molar-refractivity contribution in [1.29, 1.82) is 0 Å². The molecule has 33 heavy (non-hydrogen) atoms. The average molecular weight is 462 g/mol. The zero-order valence-corrected chi connectivity index (χ0v) is 18.8. The highest BCUT2D eigenvalue weighted by Gasteiger charge is 2.42.